The summed E-state index contributed by atoms with van der Waals surface area (Å²) in [6, 6.07) is 12.0. The topological polar surface area (TPSA) is 84.7 Å². The van der Waals surface area contributed by atoms with Crippen LogP contribution in [-0.4, -0.2) is 31.7 Å². The highest BCUT2D eigenvalue weighted by atomic mass is 16.1. The molecule has 3 heterocycles. The fraction of sp³-hybridized carbons (Fsp3) is 0.333. The normalized spacial score (nSPS) is 19.2. The van der Waals surface area contributed by atoms with E-state index in [0.29, 0.717) is 12.8 Å². The van der Waals surface area contributed by atoms with Gasteiger partial charge in [-0.05, 0) is 25.0 Å². The number of hydrogen-bond acceptors (Lipinski definition) is 5. The van der Waals surface area contributed by atoms with Gasteiger partial charge in [-0.2, -0.15) is 5.10 Å². The van der Waals surface area contributed by atoms with Gasteiger partial charge in [0.1, 0.15) is 11.6 Å². The van der Waals surface area contributed by atoms with Crippen molar-refractivity contribution in [2.75, 3.05) is 5.32 Å². The Morgan fingerprint density at radius 1 is 1.25 bits per heavy atom. The van der Waals surface area contributed by atoms with Gasteiger partial charge < -0.3 is 10.6 Å². The molecule has 2 atom stereocenters. The molecule has 0 saturated carbocycles. The molecule has 2 aromatic heterocycles. The maximum atomic E-state index is 12.0. The zero-order valence-corrected chi connectivity index (χ0v) is 15.9. The quantitative estimate of drug-likeness (QED) is 0.691. The van der Waals surface area contributed by atoms with E-state index in [9.17, 15) is 4.79 Å². The lowest BCUT2D eigenvalue weighted by molar-refractivity contribution is -0.123. The first-order chi connectivity index (χ1) is 13.7. The fourth-order valence-corrected chi connectivity index (χ4v) is 3.52. The van der Waals surface area contributed by atoms with Crippen LogP contribution in [0.4, 0.5) is 5.82 Å². The molecule has 1 saturated heterocycles. The summed E-state index contributed by atoms with van der Waals surface area (Å²) < 4.78 is 1.87. The molecule has 0 unspecified atom stereocenters. The van der Waals surface area contributed by atoms with E-state index in [1.165, 1.54) is 5.56 Å². The monoisotopic (exact) mass is 376 g/mol. The minimum absolute atomic E-state index is 0.0479. The smallest absolute Gasteiger partial charge is 0.220 e. The summed E-state index contributed by atoms with van der Waals surface area (Å²) >= 11 is 0. The summed E-state index contributed by atoms with van der Waals surface area (Å²) in [6.07, 6.45) is 7.52. The van der Waals surface area contributed by atoms with Gasteiger partial charge in [0.15, 0.2) is 0 Å². The number of aromatic nitrogens is 4. The zero-order valence-electron chi connectivity index (χ0n) is 15.9. The lowest BCUT2D eigenvalue weighted by Crippen LogP contribution is -2.45. The maximum absolute atomic E-state index is 12.0. The number of aryl methyl sites for hydroxylation is 1. The van der Waals surface area contributed by atoms with Gasteiger partial charge in [0.2, 0.25) is 5.91 Å². The first kappa shape index (κ1) is 18.2. The number of nitrogens with one attached hydrogen (secondary N) is 2. The Morgan fingerprint density at radius 2 is 2.11 bits per heavy atom. The van der Waals surface area contributed by atoms with Crippen molar-refractivity contribution in [1.29, 1.82) is 0 Å². The number of rotatable bonds is 6. The predicted molar refractivity (Wildman–Crippen MR) is 107 cm³/mol. The third-order valence-corrected chi connectivity index (χ3v) is 4.98. The van der Waals surface area contributed by atoms with E-state index < -0.39 is 0 Å². The van der Waals surface area contributed by atoms with Crippen LogP contribution in [0.25, 0.3) is 0 Å². The summed E-state index contributed by atoms with van der Waals surface area (Å²) in [5.74, 6) is 1.61. The van der Waals surface area contributed by atoms with E-state index in [1.807, 2.05) is 48.3 Å². The Bertz CT molecular complexity index is 939. The molecule has 2 N–H and O–H groups in total. The molecule has 1 fully saturated rings. The molecule has 28 heavy (non-hydrogen) atoms. The molecule has 1 amide bonds. The number of nitrogens with zero attached hydrogens (tertiary/aromatic N) is 4. The summed E-state index contributed by atoms with van der Waals surface area (Å²) in [5, 5.41) is 10.9. The van der Waals surface area contributed by atoms with Gasteiger partial charge in [-0.15, -0.1) is 0 Å². The maximum Gasteiger partial charge on any atom is 0.220 e. The van der Waals surface area contributed by atoms with Crippen LogP contribution in [0.2, 0.25) is 0 Å². The molecule has 0 radical (unpaired) electrons. The number of amides is 1. The van der Waals surface area contributed by atoms with Gasteiger partial charge >= 0.3 is 0 Å². The number of hydrogen-bond donors (Lipinski definition) is 2. The Hall–Kier alpha value is -3.22. The van der Waals surface area contributed by atoms with Crippen LogP contribution < -0.4 is 10.6 Å². The molecular weight excluding hydrogens is 352 g/mol. The zero-order chi connectivity index (χ0) is 19.3. The number of anilines is 1. The van der Waals surface area contributed by atoms with Crippen molar-refractivity contribution in [1.82, 2.24) is 25.1 Å². The first-order valence-corrected chi connectivity index (χ1v) is 9.65. The Kier molecular flexibility index (Phi) is 5.32. The molecule has 1 aromatic carbocycles. The van der Waals surface area contributed by atoms with E-state index in [4.69, 9.17) is 0 Å². The minimum Gasteiger partial charge on any atom is -0.365 e. The van der Waals surface area contributed by atoms with Crippen molar-refractivity contribution in [3.63, 3.8) is 0 Å². The van der Waals surface area contributed by atoms with Crippen molar-refractivity contribution in [3.8, 4) is 0 Å². The van der Waals surface area contributed by atoms with Crippen LogP contribution in [0.1, 0.15) is 42.8 Å². The standard InChI is InChI=1S/C21H24N6O/c1-2-27-14-16(13-23-27)21-17(8-9-20(28)26-21)24-18-10-11-22-19(25-18)12-15-6-4-3-5-7-15/h3-7,10-11,13-14,17,21H,2,8-9,12H2,1H3,(H,26,28)(H,22,24,25)/t17-,21+/m1/s1. The summed E-state index contributed by atoms with van der Waals surface area (Å²) in [4.78, 5) is 21.1. The lowest BCUT2D eigenvalue weighted by atomic mass is 9.94. The van der Waals surface area contributed by atoms with E-state index in [1.54, 1.807) is 6.20 Å². The van der Waals surface area contributed by atoms with E-state index in [2.05, 4.69) is 37.8 Å². The van der Waals surface area contributed by atoms with Crippen molar-refractivity contribution in [2.45, 2.75) is 44.8 Å². The van der Waals surface area contributed by atoms with Crippen molar-refractivity contribution in [2.24, 2.45) is 0 Å². The predicted octanol–water partition coefficient (Wildman–Crippen LogP) is 2.72. The van der Waals surface area contributed by atoms with Crippen LogP contribution in [0.5, 0.6) is 0 Å². The second-order valence-electron chi connectivity index (χ2n) is 6.98. The average Bonchev–Trinajstić information content (AvgIpc) is 3.20. The molecular formula is C21H24N6O. The first-order valence-electron chi connectivity index (χ1n) is 9.65. The molecule has 7 heteroatoms. The van der Waals surface area contributed by atoms with Crippen molar-refractivity contribution < 1.29 is 4.79 Å². The number of carbonyl (C=O) groups excluding carboxylic acids is 1. The molecule has 144 valence electrons. The Labute approximate surface area is 164 Å². The Morgan fingerprint density at radius 3 is 2.89 bits per heavy atom. The van der Waals surface area contributed by atoms with Gasteiger partial charge in [0.05, 0.1) is 18.3 Å². The second kappa shape index (κ2) is 8.21. The van der Waals surface area contributed by atoms with E-state index >= 15 is 0 Å². The largest absolute Gasteiger partial charge is 0.365 e. The molecule has 3 aromatic rings. The summed E-state index contributed by atoms with van der Waals surface area (Å²) in [7, 11) is 0. The van der Waals surface area contributed by atoms with Crippen LogP contribution in [0.15, 0.2) is 55.0 Å². The third-order valence-electron chi connectivity index (χ3n) is 4.98. The number of piperidine rings is 1. The number of benzene rings is 1. The van der Waals surface area contributed by atoms with Gasteiger partial charge in [-0.3, -0.25) is 9.48 Å². The lowest BCUT2D eigenvalue weighted by Gasteiger charge is -2.32. The minimum atomic E-state index is -0.130. The fourth-order valence-electron chi connectivity index (χ4n) is 3.52. The van der Waals surface area contributed by atoms with Gasteiger partial charge in [-0.25, -0.2) is 9.97 Å². The Balaban J connectivity index is 1.51. The summed E-state index contributed by atoms with van der Waals surface area (Å²) in [6.45, 7) is 2.84. The highest BCUT2D eigenvalue weighted by Gasteiger charge is 2.31. The number of carbonyl (C=O) groups is 1. The van der Waals surface area contributed by atoms with Crippen molar-refractivity contribution >= 4 is 11.7 Å². The molecule has 4 rings (SSSR count). The summed E-state index contributed by atoms with van der Waals surface area (Å²) in [5.41, 5.74) is 2.18. The van der Waals surface area contributed by atoms with Gasteiger partial charge in [-0.1, -0.05) is 30.3 Å². The highest BCUT2D eigenvalue weighted by Crippen LogP contribution is 2.26. The molecule has 7 nitrogen and oxygen atoms in total. The van der Waals surface area contributed by atoms with Crippen LogP contribution in [0.3, 0.4) is 0 Å². The van der Waals surface area contributed by atoms with E-state index in [-0.39, 0.29) is 18.0 Å². The third kappa shape index (κ3) is 4.19. The molecule has 1 aliphatic rings. The SMILES string of the molecule is CCn1cc([C@@H]2NC(=O)CC[C@H]2Nc2ccnc(Cc3ccccc3)n2)cn1. The van der Waals surface area contributed by atoms with E-state index in [0.717, 1.165) is 30.2 Å². The van der Waals surface area contributed by atoms with Gasteiger partial charge in [0.25, 0.3) is 0 Å². The van der Waals surface area contributed by atoms with Crippen LogP contribution >= 0.6 is 0 Å². The van der Waals surface area contributed by atoms with Gasteiger partial charge in [0, 0.05) is 37.3 Å². The second-order valence-corrected chi connectivity index (χ2v) is 6.98. The molecule has 0 aliphatic carbocycles. The van der Waals surface area contributed by atoms with Crippen molar-refractivity contribution in [3.05, 3.63) is 71.9 Å². The van der Waals surface area contributed by atoms with Crippen LogP contribution in [0, 0.1) is 0 Å². The van der Waals surface area contributed by atoms with Crippen LogP contribution in [-0.2, 0) is 17.8 Å². The molecule has 0 bridgehead atoms. The highest BCUT2D eigenvalue weighted by molar-refractivity contribution is 5.77. The average molecular weight is 376 g/mol. The molecule has 0 spiro atoms. The molecule has 1 aliphatic heterocycles.